The van der Waals surface area contributed by atoms with Crippen LogP contribution in [0.5, 0.6) is 0 Å². The summed E-state index contributed by atoms with van der Waals surface area (Å²) in [4.78, 5) is 9.03. The van der Waals surface area contributed by atoms with Crippen LogP contribution in [0.25, 0.3) is 0 Å². The molecule has 1 aliphatic rings. The molecule has 0 bridgehead atoms. The van der Waals surface area contributed by atoms with E-state index >= 15 is 0 Å². The van der Waals surface area contributed by atoms with Crippen molar-refractivity contribution in [1.82, 2.24) is 15.2 Å². The van der Waals surface area contributed by atoms with Crippen molar-refractivity contribution < 1.29 is 0 Å². The van der Waals surface area contributed by atoms with Gasteiger partial charge in [-0.05, 0) is 31.9 Å². The Bertz CT molecular complexity index is 551. The maximum Gasteiger partial charge on any atom is 0.247 e. The molecule has 20 heavy (non-hydrogen) atoms. The first kappa shape index (κ1) is 12.8. The van der Waals surface area contributed by atoms with E-state index in [1.54, 1.807) is 6.20 Å². The van der Waals surface area contributed by atoms with Crippen LogP contribution in [-0.4, -0.2) is 34.8 Å². The lowest BCUT2D eigenvalue weighted by Gasteiger charge is -2.23. The first-order valence-corrected chi connectivity index (χ1v) is 7.15. The van der Waals surface area contributed by atoms with Crippen LogP contribution in [0, 0.1) is 0 Å². The molecule has 0 unspecified atom stereocenters. The summed E-state index contributed by atoms with van der Waals surface area (Å²) in [5.41, 5.74) is 1.13. The molecule has 0 radical (unpaired) electrons. The maximum absolute atomic E-state index is 4.68. The van der Waals surface area contributed by atoms with E-state index in [-0.39, 0.29) is 0 Å². The van der Waals surface area contributed by atoms with Gasteiger partial charge in [0.1, 0.15) is 0 Å². The highest BCUT2D eigenvalue weighted by molar-refractivity contribution is 5.59. The van der Waals surface area contributed by atoms with Gasteiger partial charge in [-0.3, -0.25) is 0 Å². The molecule has 1 aliphatic heterocycles. The second-order valence-corrected chi connectivity index (χ2v) is 4.89. The predicted octanol–water partition coefficient (Wildman–Crippen LogP) is 2.63. The third-order valence-electron chi connectivity index (χ3n) is 3.58. The van der Waals surface area contributed by atoms with E-state index in [1.807, 2.05) is 18.2 Å². The second-order valence-electron chi connectivity index (χ2n) is 4.89. The predicted molar refractivity (Wildman–Crippen MR) is 80.4 cm³/mol. The molecule has 1 aromatic heterocycles. The van der Waals surface area contributed by atoms with Crippen LogP contribution in [0.3, 0.4) is 0 Å². The molecule has 0 saturated carbocycles. The quantitative estimate of drug-likeness (QED) is 0.853. The molecule has 3 rings (SSSR count). The standard InChI is InChI=1S/C15H19N5/c1-2-20(13-8-4-3-5-9-13)14-12-16-18-15(17-14)19-10-6-7-11-19/h3-5,8-9,12H,2,6-7,10-11H2,1H3. The van der Waals surface area contributed by atoms with Gasteiger partial charge in [-0.2, -0.15) is 10.1 Å². The van der Waals surface area contributed by atoms with Gasteiger partial charge in [-0.25, -0.2) is 0 Å². The average Bonchev–Trinajstić information content (AvgIpc) is 3.04. The van der Waals surface area contributed by atoms with Gasteiger partial charge >= 0.3 is 0 Å². The summed E-state index contributed by atoms with van der Waals surface area (Å²) in [6.45, 7) is 5.03. The topological polar surface area (TPSA) is 45.2 Å². The highest BCUT2D eigenvalue weighted by Crippen LogP contribution is 2.24. The molecule has 104 valence electrons. The number of para-hydroxylation sites is 1. The number of benzene rings is 1. The number of rotatable bonds is 4. The van der Waals surface area contributed by atoms with E-state index in [2.05, 4.69) is 44.0 Å². The Hall–Kier alpha value is -2.17. The number of hydrogen-bond acceptors (Lipinski definition) is 5. The summed E-state index contributed by atoms with van der Waals surface area (Å²) >= 11 is 0. The minimum absolute atomic E-state index is 0.745. The van der Waals surface area contributed by atoms with E-state index in [9.17, 15) is 0 Å². The maximum atomic E-state index is 4.68. The zero-order valence-corrected chi connectivity index (χ0v) is 11.7. The van der Waals surface area contributed by atoms with Gasteiger partial charge in [0.15, 0.2) is 5.82 Å². The minimum Gasteiger partial charge on any atom is -0.339 e. The molecule has 1 fully saturated rings. The Balaban J connectivity index is 1.90. The molecule has 1 aromatic carbocycles. The lowest BCUT2D eigenvalue weighted by atomic mass is 10.3. The third-order valence-corrected chi connectivity index (χ3v) is 3.58. The van der Waals surface area contributed by atoms with E-state index in [0.717, 1.165) is 37.1 Å². The van der Waals surface area contributed by atoms with Crippen LogP contribution >= 0.6 is 0 Å². The van der Waals surface area contributed by atoms with E-state index in [4.69, 9.17) is 0 Å². The molecule has 0 amide bonds. The Morgan fingerprint density at radius 1 is 1.15 bits per heavy atom. The molecule has 2 heterocycles. The van der Waals surface area contributed by atoms with Crippen molar-refractivity contribution in [3.63, 3.8) is 0 Å². The zero-order chi connectivity index (χ0) is 13.8. The summed E-state index contributed by atoms with van der Waals surface area (Å²) in [5.74, 6) is 1.60. The van der Waals surface area contributed by atoms with Gasteiger partial charge in [-0.15, -0.1) is 5.10 Å². The van der Waals surface area contributed by atoms with Gasteiger partial charge in [0.2, 0.25) is 5.95 Å². The van der Waals surface area contributed by atoms with Crippen molar-refractivity contribution in [3.05, 3.63) is 36.5 Å². The molecule has 0 aliphatic carbocycles. The number of anilines is 3. The number of aromatic nitrogens is 3. The number of hydrogen-bond donors (Lipinski definition) is 0. The summed E-state index contributed by atoms with van der Waals surface area (Å²) in [6.07, 6.45) is 4.16. The fourth-order valence-corrected chi connectivity index (χ4v) is 2.55. The van der Waals surface area contributed by atoms with E-state index in [1.165, 1.54) is 12.8 Å². The van der Waals surface area contributed by atoms with Crippen LogP contribution in [0.2, 0.25) is 0 Å². The highest BCUT2D eigenvalue weighted by atomic mass is 15.4. The second kappa shape index (κ2) is 5.86. The van der Waals surface area contributed by atoms with Crippen molar-refractivity contribution in [2.45, 2.75) is 19.8 Å². The van der Waals surface area contributed by atoms with Crippen LogP contribution in [0.4, 0.5) is 17.5 Å². The van der Waals surface area contributed by atoms with Crippen molar-refractivity contribution >= 4 is 17.5 Å². The van der Waals surface area contributed by atoms with Gasteiger partial charge in [-0.1, -0.05) is 18.2 Å². The molecule has 2 aromatic rings. The van der Waals surface area contributed by atoms with Crippen molar-refractivity contribution in [3.8, 4) is 0 Å². The molecule has 1 saturated heterocycles. The molecule has 0 atom stereocenters. The van der Waals surface area contributed by atoms with Crippen LogP contribution < -0.4 is 9.80 Å². The Labute approximate surface area is 119 Å². The number of nitrogens with zero attached hydrogens (tertiary/aromatic N) is 5. The molecule has 5 nitrogen and oxygen atoms in total. The lowest BCUT2D eigenvalue weighted by molar-refractivity contribution is 0.836. The molecule has 5 heteroatoms. The zero-order valence-electron chi connectivity index (χ0n) is 11.7. The first-order chi connectivity index (χ1) is 9.88. The SMILES string of the molecule is CCN(c1ccccc1)c1cnnc(N2CCCC2)n1. The fourth-order valence-electron chi connectivity index (χ4n) is 2.55. The summed E-state index contributed by atoms with van der Waals surface area (Å²) in [7, 11) is 0. The Morgan fingerprint density at radius 2 is 1.90 bits per heavy atom. The lowest BCUT2D eigenvalue weighted by Crippen LogP contribution is -2.23. The van der Waals surface area contributed by atoms with Gasteiger partial charge in [0, 0.05) is 25.3 Å². The molecule has 0 spiro atoms. The van der Waals surface area contributed by atoms with Crippen LogP contribution in [0.1, 0.15) is 19.8 Å². The van der Waals surface area contributed by atoms with Gasteiger partial charge in [0.05, 0.1) is 6.20 Å². The average molecular weight is 269 g/mol. The van der Waals surface area contributed by atoms with Crippen LogP contribution in [-0.2, 0) is 0 Å². The normalized spacial score (nSPS) is 14.6. The molecular weight excluding hydrogens is 250 g/mol. The summed E-state index contributed by atoms with van der Waals surface area (Å²) in [5, 5.41) is 8.30. The first-order valence-electron chi connectivity index (χ1n) is 7.15. The Morgan fingerprint density at radius 3 is 2.60 bits per heavy atom. The van der Waals surface area contributed by atoms with Crippen molar-refractivity contribution in [2.75, 3.05) is 29.4 Å². The summed E-state index contributed by atoms with van der Waals surface area (Å²) < 4.78 is 0. The summed E-state index contributed by atoms with van der Waals surface area (Å²) in [6, 6.07) is 10.3. The van der Waals surface area contributed by atoms with Gasteiger partial charge < -0.3 is 9.80 Å². The van der Waals surface area contributed by atoms with E-state index in [0.29, 0.717) is 0 Å². The Kier molecular flexibility index (Phi) is 3.76. The largest absolute Gasteiger partial charge is 0.339 e. The highest BCUT2D eigenvalue weighted by Gasteiger charge is 2.17. The van der Waals surface area contributed by atoms with Crippen molar-refractivity contribution in [2.24, 2.45) is 0 Å². The smallest absolute Gasteiger partial charge is 0.247 e. The molecular formula is C15H19N5. The van der Waals surface area contributed by atoms with Crippen LogP contribution in [0.15, 0.2) is 36.5 Å². The fraction of sp³-hybridized carbons (Fsp3) is 0.400. The molecule has 0 N–H and O–H groups in total. The minimum atomic E-state index is 0.745. The third kappa shape index (κ3) is 2.57. The van der Waals surface area contributed by atoms with E-state index < -0.39 is 0 Å². The van der Waals surface area contributed by atoms with Gasteiger partial charge in [0.25, 0.3) is 0 Å². The van der Waals surface area contributed by atoms with Crippen molar-refractivity contribution in [1.29, 1.82) is 0 Å². The monoisotopic (exact) mass is 269 g/mol.